The number of carbonyl (C=O) groups excluding carboxylic acids is 2. The van der Waals surface area contributed by atoms with Gasteiger partial charge >= 0.3 is 0 Å². The normalized spacial score (nSPS) is 20.9. The van der Waals surface area contributed by atoms with Crippen LogP contribution in [0.4, 0.5) is 0 Å². The maximum absolute atomic E-state index is 14.0. The van der Waals surface area contributed by atoms with Crippen LogP contribution in [0.1, 0.15) is 67.9 Å². The first-order valence-electron chi connectivity index (χ1n) is 13.0. The molecule has 0 spiro atoms. The molecule has 3 heterocycles. The number of nitrogens with one attached hydrogen (secondary N) is 1. The van der Waals surface area contributed by atoms with E-state index >= 15 is 0 Å². The summed E-state index contributed by atoms with van der Waals surface area (Å²) >= 11 is 0. The van der Waals surface area contributed by atoms with Crippen LogP contribution >= 0.6 is 0 Å². The largest absolute Gasteiger partial charge is 0.497 e. The van der Waals surface area contributed by atoms with Gasteiger partial charge in [-0.25, -0.2) is 0 Å². The molecule has 5 rings (SSSR count). The number of aromatic nitrogens is 1. The highest BCUT2D eigenvalue weighted by molar-refractivity contribution is 6.00. The van der Waals surface area contributed by atoms with E-state index in [4.69, 9.17) is 9.15 Å². The molecular formula is C29H35N3O4. The molecule has 1 fully saturated rings. The number of amides is 2. The van der Waals surface area contributed by atoms with Crippen molar-refractivity contribution < 1.29 is 18.7 Å². The first-order valence-corrected chi connectivity index (χ1v) is 13.0. The number of methoxy groups -OCH3 is 1. The van der Waals surface area contributed by atoms with E-state index in [-0.39, 0.29) is 17.9 Å². The third-order valence-corrected chi connectivity index (χ3v) is 7.71. The van der Waals surface area contributed by atoms with Gasteiger partial charge in [0.2, 0.25) is 5.91 Å². The highest BCUT2D eigenvalue weighted by atomic mass is 16.5. The first kappa shape index (κ1) is 24.2. The van der Waals surface area contributed by atoms with Gasteiger partial charge in [-0.2, -0.15) is 0 Å². The first-order chi connectivity index (χ1) is 17.5. The summed E-state index contributed by atoms with van der Waals surface area (Å²) in [5, 5.41) is 3.34. The van der Waals surface area contributed by atoms with Crippen molar-refractivity contribution in [2.75, 3.05) is 7.11 Å². The summed E-state index contributed by atoms with van der Waals surface area (Å²) in [7, 11) is 1.63. The molecule has 1 aliphatic carbocycles. The highest BCUT2D eigenvalue weighted by Gasteiger charge is 2.48. The zero-order chi connectivity index (χ0) is 25.1. The van der Waals surface area contributed by atoms with Crippen molar-refractivity contribution in [3.63, 3.8) is 0 Å². The molecule has 7 heteroatoms. The average molecular weight is 490 g/mol. The van der Waals surface area contributed by atoms with E-state index in [0.717, 1.165) is 42.7 Å². The van der Waals surface area contributed by atoms with Crippen LogP contribution in [0.2, 0.25) is 0 Å². The second-order valence-corrected chi connectivity index (χ2v) is 10.2. The molecule has 1 atom stereocenters. The Morgan fingerprint density at radius 2 is 1.72 bits per heavy atom. The Bertz CT molecular complexity index is 1190. The highest BCUT2D eigenvalue weighted by Crippen LogP contribution is 2.35. The van der Waals surface area contributed by atoms with E-state index < -0.39 is 5.54 Å². The third kappa shape index (κ3) is 4.66. The van der Waals surface area contributed by atoms with Crippen molar-refractivity contribution in [2.45, 2.75) is 76.5 Å². The smallest absolute Gasteiger partial charge is 0.271 e. The van der Waals surface area contributed by atoms with Gasteiger partial charge in [-0.3, -0.25) is 9.59 Å². The summed E-state index contributed by atoms with van der Waals surface area (Å²) in [5.41, 5.74) is 1.25. The fraction of sp³-hybridized carbons (Fsp3) is 0.448. The number of rotatable bonds is 6. The number of ether oxygens (including phenoxy) is 1. The molecule has 2 aromatic heterocycles. The van der Waals surface area contributed by atoms with Gasteiger partial charge in [0.1, 0.15) is 22.7 Å². The average Bonchev–Trinajstić information content (AvgIpc) is 3.53. The van der Waals surface area contributed by atoms with Crippen molar-refractivity contribution >= 4 is 11.8 Å². The standard InChI is InChI=1S/C29H35N3O4/c1-29(28(34)30-22-9-6-4-3-5-7-10-22)20-31-24(26-11-8-18-36-26)16-17-25(31)27(33)32(29)19-21-12-14-23(35-2)15-13-21/h8,11-18,22H,3-7,9-10,19-20H2,1-2H3,(H,30,34). The minimum atomic E-state index is -1.06. The number of benzene rings is 1. The maximum Gasteiger partial charge on any atom is 0.271 e. The van der Waals surface area contributed by atoms with E-state index in [0.29, 0.717) is 24.5 Å². The molecule has 0 bridgehead atoms. The number of hydrogen-bond acceptors (Lipinski definition) is 4. The van der Waals surface area contributed by atoms with E-state index in [1.165, 1.54) is 19.3 Å². The zero-order valence-corrected chi connectivity index (χ0v) is 21.2. The predicted molar refractivity (Wildman–Crippen MR) is 138 cm³/mol. The van der Waals surface area contributed by atoms with E-state index in [9.17, 15) is 9.59 Å². The SMILES string of the molecule is COc1ccc(CN2C(=O)c3ccc(-c4ccco4)n3CC2(C)C(=O)NC2CCCCCCC2)cc1. The van der Waals surface area contributed by atoms with Gasteiger partial charge in [0.25, 0.3) is 5.91 Å². The lowest BCUT2D eigenvalue weighted by Gasteiger charge is -2.45. The van der Waals surface area contributed by atoms with Crippen LogP contribution in [0, 0.1) is 0 Å². The van der Waals surface area contributed by atoms with Crippen LogP contribution in [0.3, 0.4) is 0 Å². The maximum atomic E-state index is 14.0. The topological polar surface area (TPSA) is 76.7 Å². The molecule has 1 unspecified atom stereocenters. The molecule has 7 nitrogen and oxygen atoms in total. The second kappa shape index (κ2) is 10.2. The molecule has 190 valence electrons. The molecule has 1 aromatic carbocycles. The van der Waals surface area contributed by atoms with Crippen LogP contribution < -0.4 is 10.1 Å². The molecule has 3 aromatic rings. The molecular weight excluding hydrogens is 454 g/mol. The summed E-state index contributed by atoms with van der Waals surface area (Å²) in [6.45, 7) is 2.58. The number of hydrogen-bond donors (Lipinski definition) is 1. The second-order valence-electron chi connectivity index (χ2n) is 10.2. The van der Waals surface area contributed by atoms with Gasteiger partial charge in [0.15, 0.2) is 0 Å². The fourth-order valence-corrected chi connectivity index (χ4v) is 5.52. The Morgan fingerprint density at radius 1 is 1.03 bits per heavy atom. The minimum absolute atomic E-state index is 0.0975. The lowest BCUT2D eigenvalue weighted by molar-refractivity contribution is -0.134. The predicted octanol–water partition coefficient (Wildman–Crippen LogP) is 5.40. The quantitative estimate of drug-likeness (QED) is 0.503. The van der Waals surface area contributed by atoms with Gasteiger partial charge in [0, 0.05) is 12.6 Å². The minimum Gasteiger partial charge on any atom is -0.497 e. The molecule has 1 saturated carbocycles. The third-order valence-electron chi connectivity index (χ3n) is 7.71. The van der Waals surface area contributed by atoms with Gasteiger partial charge in [-0.1, -0.05) is 44.2 Å². The van der Waals surface area contributed by atoms with Crippen molar-refractivity contribution in [1.82, 2.24) is 14.8 Å². The fourth-order valence-electron chi connectivity index (χ4n) is 5.52. The van der Waals surface area contributed by atoms with E-state index in [1.54, 1.807) is 18.3 Å². The van der Waals surface area contributed by atoms with Gasteiger partial charge in [-0.05, 0) is 61.7 Å². The van der Waals surface area contributed by atoms with Crippen LogP contribution in [-0.2, 0) is 17.9 Å². The van der Waals surface area contributed by atoms with E-state index in [1.807, 2.05) is 60.0 Å². The van der Waals surface area contributed by atoms with Gasteiger partial charge < -0.3 is 23.9 Å². The number of furan rings is 1. The number of fused-ring (bicyclic) bond motifs is 1. The van der Waals surface area contributed by atoms with E-state index in [2.05, 4.69) is 5.32 Å². The Morgan fingerprint density at radius 3 is 2.39 bits per heavy atom. The summed E-state index contributed by atoms with van der Waals surface area (Å²) in [5.74, 6) is 1.18. The molecule has 0 saturated heterocycles. The molecule has 2 amide bonds. The lowest BCUT2D eigenvalue weighted by Crippen LogP contribution is -2.64. The molecule has 1 aliphatic heterocycles. The summed E-state index contributed by atoms with van der Waals surface area (Å²) in [4.78, 5) is 29.6. The van der Waals surface area contributed by atoms with Crippen LogP contribution in [0.25, 0.3) is 11.5 Å². The lowest BCUT2D eigenvalue weighted by atomic mass is 9.91. The number of carbonyl (C=O) groups is 2. The van der Waals surface area contributed by atoms with Crippen molar-refractivity contribution in [3.8, 4) is 17.2 Å². The Kier molecular flexibility index (Phi) is 6.90. The molecule has 0 radical (unpaired) electrons. The van der Waals surface area contributed by atoms with Crippen molar-refractivity contribution in [1.29, 1.82) is 0 Å². The van der Waals surface area contributed by atoms with Crippen LogP contribution in [0.15, 0.2) is 59.2 Å². The monoisotopic (exact) mass is 489 g/mol. The van der Waals surface area contributed by atoms with Crippen LogP contribution in [-0.4, -0.2) is 40.0 Å². The van der Waals surface area contributed by atoms with Gasteiger partial charge in [0.05, 0.1) is 25.6 Å². The summed E-state index contributed by atoms with van der Waals surface area (Å²) in [6.07, 6.45) is 9.54. The number of nitrogens with zero attached hydrogens (tertiary/aromatic N) is 2. The van der Waals surface area contributed by atoms with Crippen LogP contribution in [0.5, 0.6) is 5.75 Å². The Hall–Kier alpha value is -3.48. The van der Waals surface area contributed by atoms with Gasteiger partial charge in [-0.15, -0.1) is 0 Å². The molecule has 1 N–H and O–H groups in total. The summed E-state index contributed by atoms with van der Waals surface area (Å²) < 4.78 is 12.9. The summed E-state index contributed by atoms with van der Waals surface area (Å²) in [6, 6.07) is 15.2. The Labute approximate surface area is 212 Å². The van der Waals surface area contributed by atoms with Crippen molar-refractivity contribution in [2.24, 2.45) is 0 Å². The van der Waals surface area contributed by atoms with Crippen molar-refractivity contribution in [3.05, 3.63) is 66.1 Å². The molecule has 36 heavy (non-hydrogen) atoms. The molecule has 2 aliphatic rings. The Balaban J connectivity index is 1.49. The zero-order valence-electron chi connectivity index (χ0n) is 21.2.